The van der Waals surface area contributed by atoms with Crippen molar-refractivity contribution >= 4 is 70.2 Å². The van der Waals surface area contributed by atoms with Crippen molar-refractivity contribution in [1.29, 1.82) is 0 Å². The van der Waals surface area contributed by atoms with Crippen LogP contribution in [0, 0.1) is 0 Å². The van der Waals surface area contributed by atoms with Gasteiger partial charge in [0, 0.05) is 49.6 Å². The van der Waals surface area contributed by atoms with Crippen molar-refractivity contribution in [2.45, 2.75) is 101 Å². The van der Waals surface area contributed by atoms with E-state index in [1.54, 1.807) is 79.0 Å². The topological polar surface area (TPSA) is 332 Å². The first-order chi connectivity index (χ1) is 36.9. The second kappa shape index (κ2) is 29.8. The molecule has 0 saturated carbocycles. The summed E-state index contributed by atoms with van der Waals surface area (Å²) in [6, 6.07) is 21.2. The molecule has 1 heterocycles. The van der Waals surface area contributed by atoms with E-state index in [2.05, 4.69) is 36.9 Å². The highest BCUT2D eigenvalue weighted by molar-refractivity contribution is 5.98. The monoisotopic (exact) mass is 1060 g/mol. The van der Waals surface area contributed by atoms with Crippen molar-refractivity contribution in [3.63, 3.8) is 0 Å². The van der Waals surface area contributed by atoms with Crippen molar-refractivity contribution in [3.05, 3.63) is 138 Å². The van der Waals surface area contributed by atoms with Crippen LogP contribution in [0.15, 0.2) is 115 Å². The number of aromatic nitrogens is 1. The van der Waals surface area contributed by atoms with Crippen molar-refractivity contribution < 1.29 is 58.5 Å². The Morgan fingerprint density at radius 1 is 0.649 bits per heavy atom. The minimum absolute atomic E-state index is 0.0146. The number of carboxylic acid groups (broad SMARTS) is 1. The number of nitrogens with two attached hydrogens (primary N) is 1. The molecule has 5 unspecified atom stereocenters. The van der Waals surface area contributed by atoms with Crippen molar-refractivity contribution in [2.75, 3.05) is 20.1 Å². The average Bonchev–Trinajstić information content (AvgIpc) is 3.82. The number of nitrogens with zero attached hydrogens (tertiary/aromatic N) is 1. The van der Waals surface area contributed by atoms with E-state index >= 15 is 0 Å². The summed E-state index contributed by atoms with van der Waals surface area (Å²) >= 11 is 0. The van der Waals surface area contributed by atoms with Gasteiger partial charge in [-0.1, -0.05) is 92.6 Å². The lowest BCUT2D eigenvalue weighted by Crippen LogP contribution is -2.59. The third-order valence-corrected chi connectivity index (χ3v) is 12.6. The zero-order chi connectivity index (χ0) is 55.9. The largest absolute Gasteiger partial charge is 0.508 e. The average molecular weight is 1060 g/mol. The SMILES string of the molecule is CCCCC(NC(=O)Cc1ccc(O)cc1)C(=O)NCC(=O)NC(Cc1c[nH]c2ccccc12)C(=O)NC(CCCCNC(=O)/C=C/c1ccc(O)cc1)C(=O)NC(CC(=O)O)C(=O)N(C)C(Cc1ccccc1)C(N)=O. The summed E-state index contributed by atoms with van der Waals surface area (Å²) < 4.78 is 0. The Balaban J connectivity index is 1.35. The Hall–Kier alpha value is -9.01. The van der Waals surface area contributed by atoms with Crippen LogP contribution in [0.1, 0.15) is 74.1 Å². The number of aromatic amines is 1. The molecule has 5 atom stereocenters. The maximum Gasteiger partial charge on any atom is 0.305 e. The number of carbonyl (C=O) groups is 9. The summed E-state index contributed by atoms with van der Waals surface area (Å²) in [7, 11) is 1.26. The van der Waals surface area contributed by atoms with E-state index in [-0.39, 0.29) is 63.0 Å². The fourth-order valence-corrected chi connectivity index (χ4v) is 8.34. The second-order valence-electron chi connectivity index (χ2n) is 18.5. The summed E-state index contributed by atoms with van der Waals surface area (Å²) in [5.41, 5.74) is 8.98. The Morgan fingerprint density at radius 3 is 1.94 bits per heavy atom. The minimum Gasteiger partial charge on any atom is -0.508 e. The number of fused-ring (bicyclic) bond motifs is 1. The molecule has 12 N–H and O–H groups in total. The number of carbonyl (C=O) groups excluding carboxylic acids is 8. The van der Waals surface area contributed by atoms with Crippen LogP contribution in [-0.4, -0.2) is 129 Å². The number of rotatable bonds is 30. The first kappa shape index (κ1) is 58.9. The third kappa shape index (κ3) is 19.3. The van der Waals surface area contributed by atoms with Crippen LogP contribution in [0.4, 0.5) is 0 Å². The lowest BCUT2D eigenvalue weighted by molar-refractivity contribution is -0.146. The smallest absolute Gasteiger partial charge is 0.305 e. The van der Waals surface area contributed by atoms with Crippen LogP contribution in [0.5, 0.6) is 11.5 Å². The number of primary amides is 1. The number of carboxylic acids is 1. The summed E-state index contributed by atoms with van der Waals surface area (Å²) in [4.78, 5) is 125. The molecule has 5 aromatic rings. The Bertz CT molecular complexity index is 2850. The molecule has 0 radical (unpaired) electrons. The lowest BCUT2D eigenvalue weighted by atomic mass is 10.0. The molecule has 0 spiro atoms. The van der Waals surface area contributed by atoms with Gasteiger partial charge in [-0.3, -0.25) is 43.2 Å². The van der Waals surface area contributed by atoms with Gasteiger partial charge in [0.1, 0.15) is 41.7 Å². The number of nitrogens with one attached hydrogen (secondary N) is 7. The van der Waals surface area contributed by atoms with Crippen LogP contribution in [0.3, 0.4) is 0 Å². The number of phenolic OH excluding ortho intramolecular Hbond substituents is 2. The minimum atomic E-state index is -1.74. The van der Waals surface area contributed by atoms with Crippen LogP contribution < -0.4 is 37.6 Å². The number of para-hydroxylation sites is 1. The summed E-state index contributed by atoms with van der Waals surface area (Å²) in [5.74, 6) is -7.37. The van der Waals surface area contributed by atoms with Crippen molar-refractivity contribution in [1.82, 2.24) is 41.8 Å². The molecule has 4 aromatic carbocycles. The zero-order valence-corrected chi connectivity index (χ0v) is 43.0. The molecule has 0 aliphatic carbocycles. The van der Waals surface area contributed by atoms with E-state index in [0.717, 1.165) is 15.8 Å². The van der Waals surface area contributed by atoms with E-state index in [0.29, 0.717) is 35.1 Å². The highest BCUT2D eigenvalue weighted by Gasteiger charge is 2.35. The molecule has 5 rings (SSSR count). The van der Waals surface area contributed by atoms with Crippen LogP contribution >= 0.6 is 0 Å². The van der Waals surface area contributed by atoms with Gasteiger partial charge in [0.25, 0.3) is 0 Å². The first-order valence-corrected chi connectivity index (χ1v) is 25.3. The molecule has 1 aromatic heterocycles. The van der Waals surface area contributed by atoms with Crippen LogP contribution in [0.2, 0.25) is 0 Å². The number of hydrogen-bond donors (Lipinski definition) is 11. The molecule has 0 fully saturated rings. The molecule has 0 aliphatic heterocycles. The third-order valence-electron chi connectivity index (χ3n) is 12.6. The van der Waals surface area contributed by atoms with Crippen molar-refractivity contribution in [3.8, 4) is 11.5 Å². The summed E-state index contributed by atoms with van der Waals surface area (Å²) in [6.07, 6.45) is 5.29. The number of H-pyrrole nitrogens is 1. The van der Waals surface area contributed by atoms with E-state index in [1.807, 2.05) is 19.1 Å². The van der Waals surface area contributed by atoms with Gasteiger partial charge in [-0.15, -0.1) is 0 Å². The first-order valence-electron chi connectivity index (χ1n) is 25.3. The van der Waals surface area contributed by atoms with Gasteiger partial charge < -0.3 is 62.8 Å². The van der Waals surface area contributed by atoms with Gasteiger partial charge in [0.15, 0.2) is 0 Å². The Morgan fingerprint density at radius 2 is 1.26 bits per heavy atom. The highest BCUT2D eigenvalue weighted by atomic mass is 16.4. The molecule has 0 saturated heterocycles. The van der Waals surface area contributed by atoms with E-state index < -0.39 is 96.4 Å². The summed E-state index contributed by atoms with van der Waals surface area (Å²) in [6.45, 7) is 1.43. The molecule has 8 amide bonds. The number of phenols is 2. The number of hydrogen-bond acceptors (Lipinski definition) is 11. The lowest BCUT2D eigenvalue weighted by Gasteiger charge is -2.30. The predicted octanol–water partition coefficient (Wildman–Crippen LogP) is 2.64. The maximum atomic E-state index is 14.6. The fourth-order valence-electron chi connectivity index (χ4n) is 8.34. The summed E-state index contributed by atoms with van der Waals surface area (Å²) in [5, 5.41) is 45.7. The van der Waals surface area contributed by atoms with Gasteiger partial charge in [0.2, 0.25) is 47.3 Å². The number of aromatic hydroxyl groups is 2. The van der Waals surface area contributed by atoms with Crippen LogP contribution in [-0.2, 0) is 62.4 Å². The van der Waals surface area contributed by atoms with Gasteiger partial charge in [-0.25, -0.2) is 0 Å². The molecule has 21 nitrogen and oxygen atoms in total. The van der Waals surface area contributed by atoms with E-state index in [9.17, 15) is 58.5 Å². The van der Waals surface area contributed by atoms with Crippen molar-refractivity contribution in [2.24, 2.45) is 5.73 Å². The molecular formula is C56H67N9O12. The standard InChI is InChI=1S/C56H67N9O12/c1-3-4-15-43(61-49(69)30-37-20-25-40(67)26-21-37)53(74)60-34-50(70)62-45(31-38-33-59-42-16-9-8-14-41(38)42)55(76)63-44(17-10-11-28-58-48(68)27-22-35-18-23-39(66)24-19-35)54(75)64-46(32-51(71)72)56(77)65(2)47(52(57)73)29-36-12-6-5-7-13-36/h5-9,12-14,16,18-27,33,43-47,59,66-67H,3-4,10-11,15,17,28-32,34H2,1-2H3,(H2,57,73)(H,58,68)(H,60,74)(H,61,69)(H,62,70)(H,63,76)(H,64,75)(H,71,72)/b27-22+. The quantitative estimate of drug-likeness (QED) is 0.0234. The number of aliphatic carboxylic acids is 1. The second-order valence-corrected chi connectivity index (χ2v) is 18.5. The van der Waals surface area contributed by atoms with Gasteiger partial charge in [-0.05, 0) is 84.3 Å². The van der Waals surface area contributed by atoms with E-state index in [4.69, 9.17) is 5.73 Å². The zero-order valence-electron chi connectivity index (χ0n) is 43.0. The number of unbranched alkanes of at least 4 members (excludes halogenated alkanes) is 2. The van der Waals surface area contributed by atoms with E-state index in [1.165, 1.54) is 37.4 Å². The molecule has 77 heavy (non-hydrogen) atoms. The number of likely N-dealkylation sites (N-methyl/N-ethyl adjacent to an activating group) is 1. The van der Waals surface area contributed by atoms with Gasteiger partial charge >= 0.3 is 5.97 Å². The Kier molecular flexibility index (Phi) is 22.8. The molecule has 408 valence electrons. The molecule has 0 bridgehead atoms. The number of benzene rings is 4. The van der Waals surface area contributed by atoms with Gasteiger partial charge in [-0.2, -0.15) is 0 Å². The molecule has 21 heteroatoms. The van der Waals surface area contributed by atoms with Gasteiger partial charge in [0.05, 0.1) is 19.4 Å². The normalized spacial score (nSPS) is 13.0. The molecule has 0 aliphatic rings. The maximum absolute atomic E-state index is 14.6. The molecular weight excluding hydrogens is 991 g/mol. The predicted molar refractivity (Wildman–Crippen MR) is 286 cm³/mol. The number of amides is 8. The highest BCUT2D eigenvalue weighted by Crippen LogP contribution is 2.20. The Labute approximate surface area is 445 Å². The fraction of sp³-hybridized carbons (Fsp3) is 0.339. The van der Waals surface area contributed by atoms with Crippen LogP contribution in [0.25, 0.3) is 17.0 Å².